The lowest BCUT2D eigenvalue weighted by Gasteiger charge is -2.08. The molecular formula is C11H8F2N2O4S. The van der Waals surface area contributed by atoms with E-state index in [1.807, 2.05) is 5.43 Å². The van der Waals surface area contributed by atoms with Gasteiger partial charge in [0, 0.05) is 6.07 Å². The SMILES string of the molecule is O=C(NNS(=O)(=O)c1ccc(F)cc1F)c1ccco1. The molecule has 2 N–H and O–H groups in total. The summed E-state index contributed by atoms with van der Waals surface area (Å²) in [6, 6.07) is 4.69. The lowest BCUT2D eigenvalue weighted by atomic mass is 10.3. The Labute approximate surface area is 112 Å². The molecule has 9 heteroatoms. The number of halogens is 2. The predicted octanol–water partition coefficient (Wildman–Crippen LogP) is 1.18. The number of carbonyl (C=O) groups excluding carboxylic acids is 1. The molecule has 1 amide bonds. The van der Waals surface area contributed by atoms with E-state index in [-0.39, 0.29) is 5.76 Å². The predicted molar refractivity (Wildman–Crippen MR) is 62.9 cm³/mol. The fourth-order valence-corrected chi connectivity index (χ4v) is 2.23. The maximum Gasteiger partial charge on any atom is 0.301 e. The van der Waals surface area contributed by atoms with E-state index in [0.29, 0.717) is 6.07 Å². The molecule has 20 heavy (non-hydrogen) atoms. The van der Waals surface area contributed by atoms with Crippen LogP contribution in [0.3, 0.4) is 0 Å². The van der Waals surface area contributed by atoms with Gasteiger partial charge in [-0.25, -0.2) is 17.2 Å². The van der Waals surface area contributed by atoms with Gasteiger partial charge in [-0.2, -0.15) is 0 Å². The number of hydrazine groups is 1. The van der Waals surface area contributed by atoms with Crippen LogP contribution in [-0.4, -0.2) is 14.3 Å². The van der Waals surface area contributed by atoms with Gasteiger partial charge in [0.2, 0.25) is 0 Å². The summed E-state index contributed by atoms with van der Waals surface area (Å²) in [7, 11) is -4.36. The summed E-state index contributed by atoms with van der Waals surface area (Å²) in [4.78, 5) is 12.3. The average Bonchev–Trinajstić information content (AvgIpc) is 2.89. The van der Waals surface area contributed by atoms with Crippen molar-refractivity contribution in [1.29, 1.82) is 0 Å². The Morgan fingerprint density at radius 1 is 1.20 bits per heavy atom. The molecule has 0 aliphatic carbocycles. The highest BCUT2D eigenvalue weighted by molar-refractivity contribution is 7.89. The Hall–Kier alpha value is -2.26. The normalized spacial score (nSPS) is 11.3. The van der Waals surface area contributed by atoms with Gasteiger partial charge >= 0.3 is 5.91 Å². The molecule has 0 fully saturated rings. The fourth-order valence-electron chi connectivity index (χ4n) is 1.33. The van der Waals surface area contributed by atoms with E-state index in [1.54, 1.807) is 4.83 Å². The zero-order chi connectivity index (χ0) is 14.8. The highest BCUT2D eigenvalue weighted by atomic mass is 32.2. The molecule has 0 bridgehead atoms. The summed E-state index contributed by atoms with van der Waals surface area (Å²) < 4.78 is 54.2. The summed E-state index contributed by atoms with van der Waals surface area (Å²) in [5.41, 5.74) is 1.83. The number of sulfonamides is 1. The molecular weight excluding hydrogens is 294 g/mol. The standard InChI is InChI=1S/C11H8F2N2O4S/c12-7-3-4-10(8(13)6-7)20(17,18)15-14-11(16)9-2-1-5-19-9/h1-6,15H,(H,14,16). The van der Waals surface area contributed by atoms with Crippen molar-refractivity contribution in [3.63, 3.8) is 0 Å². The van der Waals surface area contributed by atoms with Gasteiger partial charge in [0.1, 0.15) is 16.5 Å². The first-order valence-electron chi connectivity index (χ1n) is 5.21. The molecule has 0 spiro atoms. The number of hydrogen-bond donors (Lipinski definition) is 2. The molecule has 0 saturated heterocycles. The van der Waals surface area contributed by atoms with Crippen LogP contribution >= 0.6 is 0 Å². The van der Waals surface area contributed by atoms with Crippen molar-refractivity contribution < 1.29 is 26.4 Å². The first kappa shape index (κ1) is 14.2. The van der Waals surface area contributed by atoms with Crippen LogP contribution in [0.2, 0.25) is 0 Å². The summed E-state index contributed by atoms with van der Waals surface area (Å²) in [5.74, 6) is -3.18. The van der Waals surface area contributed by atoms with Crippen LogP contribution in [-0.2, 0) is 10.0 Å². The first-order chi connectivity index (χ1) is 9.40. The monoisotopic (exact) mass is 302 g/mol. The minimum Gasteiger partial charge on any atom is -0.459 e. The smallest absolute Gasteiger partial charge is 0.301 e. The average molecular weight is 302 g/mol. The molecule has 1 aromatic heterocycles. The summed E-state index contributed by atoms with van der Waals surface area (Å²) >= 11 is 0. The van der Waals surface area contributed by atoms with Gasteiger partial charge in [-0.05, 0) is 24.3 Å². The Morgan fingerprint density at radius 2 is 1.95 bits per heavy atom. The second-order valence-corrected chi connectivity index (χ2v) is 5.26. The molecule has 6 nitrogen and oxygen atoms in total. The minimum absolute atomic E-state index is 0.132. The maximum absolute atomic E-state index is 13.4. The summed E-state index contributed by atoms with van der Waals surface area (Å²) in [6.45, 7) is 0. The van der Waals surface area contributed by atoms with E-state index >= 15 is 0 Å². The number of nitrogens with one attached hydrogen (secondary N) is 2. The third kappa shape index (κ3) is 3.00. The number of rotatable bonds is 4. The maximum atomic E-state index is 13.4. The van der Waals surface area contributed by atoms with Crippen LogP contribution in [0.5, 0.6) is 0 Å². The zero-order valence-electron chi connectivity index (χ0n) is 9.76. The Morgan fingerprint density at radius 3 is 2.55 bits per heavy atom. The van der Waals surface area contributed by atoms with Gasteiger partial charge in [0.05, 0.1) is 6.26 Å². The molecule has 0 atom stereocenters. The van der Waals surface area contributed by atoms with Crippen molar-refractivity contribution in [1.82, 2.24) is 10.3 Å². The van der Waals surface area contributed by atoms with Gasteiger partial charge in [-0.15, -0.1) is 4.83 Å². The van der Waals surface area contributed by atoms with Gasteiger partial charge < -0.3 is 4.42 Å². The lowest BCUT2D eigenvalue weighted by Crippen LogP contribution is -2.41. The number of carbonyl (C=O) groups is 1. The van der Waals surface area contributed by atoms with Crippen LogP contribution in [0.1, 0.15) is 10.6 Å². The molecule has 0 aliphatic heterocycles. The highest BCUT2D eigenvalue weighted by Gasteiger charge is 2.21. The van der Waals surface area contributed by atoms with Crippen LogP contribution < -0.4 is 10.3 Å². The largest absolute Gasteiger partial charge is 0.459 e. The number of furan rings is 1. The van der Waals surface area contributed by atoms with Crippen LogP contribution in [0.25, 0.3) is 0 Å². The Bertz CT molecular complexity index is 729. The molecule has 0 saturated carbocycles. The second kappa shape index (κ2) is 5.39. The molecule has 0 aliphatic rings. The number of hydrogen-bond acceptors (Lipinski definition) is 4. The Kier molecular flexibility index (Phi) is 3.81. The molecule has 2 rings (SSSR count). The van der Waals surface area contributed by atoms with Crippen molar-refractivity contribution in [2.75, 3.05) is 0 Å². The Balaban J connectivity index is 2.14. The molecule has 1 aromatic carbocycles. The number of benzene rings is 1. The van der Waals surface area contributed by atoms with Crippen LogP contribution in [0, 0.1) is 11.6 Å². The van der Waals surface area contributed by atoms with E-state index in [4.69, 9.17) is 4.42 Å². The summed E-state index contributed by atoms with van der Waals surface area (Å²) in [6.07, 6.45) is 1.23. The van der Waals surface area contributed by atoms with Crippen molar-refractivity contribution in [2.45, 2.75) is 4.90 Å². The fraction of sp³-hybridized carbons (Fsp3) is 0. The van der Waals surface area contributed by atoms with E-state index in [9.17, 15) is 22.0 Å². The molecule has 2 aromatic rings. The third-order valence-electron chi connectivity index (χ3n) is 2.23. The van der Waals surface area contributed by atoms with E-state index in [2.05, 4.69) is 0 Å². The van der Waals surface area contributed by atoms with E-state index in [0.717, 1.165) is 12.1 Å². The molecule has 0 radical (unpaired) electrons. The summed E-state index contributed by atoms with van der Waals surface area (Å²) in [5, 5.41) is 0. The topological polar surface area (TPSA) is 88.4 Å². The second-order valence-electron chi connectivity index (χ2n) is 3.61. The quantitative estimate of drug-likeness (QED) is 0.830. The van der Waals surface area contributed by atoms with Gasteiger partial charge in [0.15, 0.2) is 5.76 Å². The van der Waals surface area contributed by atoms with Gasteiger partial charge in [-0.3, -0.25) is 10.2 Å². The van der Waals surface area contributed by atoms with Gasteiger partial charge in [-0.1, -0.05) is 0 Å². The first-order valence-corrected chi connectivity index (χ1v) is 6.69. The van der Waals surface area contributed by atoms with Gasteiger partial charge in [0.25, 0.3) is 10.0 Å². The molecule has 0 unspecified atom stereocenters. The molecule has 1 heterocycles. The lowest BCUT2D eigenvalue weighted by molar-refractivity contribution is 0.0917. The third-order valence-corrected chi connectivity index (χ3v) is 3.51. The minimum atomic E-state index is -4.36. The van der Waals surface area contributed by atoms with Crippen LogP contribution in [0.15, 0.2) is 45.9 Å². The van der Waals surface area contributed by atoms with Crippen molar-refractivity contribution in [2.24, 2.45) is 0 Å². The molecule has 106 valence electrons. The zero-order valence-corrected chi connectivity index (χ0v) is 10.6. The van der Waals surface area contributed by atoms with E-state index in [1.165, 1.54) is 18.4 Å². The van der Waals surface area contributed by atoms with E-state index < -0.39 is 32.5 Å². The number of amides is 1. The van der Waals surface area contributed by atoms with Crippen molar-refractivity contribution in [3.05, 3.63) is 54.0 Å². The van der Waals surface area contributed by atoms with Crippen molar-refractivity contribution >= 4 is 15.9 Å². The highest BCUT2D eigenvalue weighted by Crippen LogP contribution is 2.14. The van der Waals surface area contributed by atoms with Crippen LogP contribution in [0.4, 0.5) is 8.78 Å². The van der Waals surface area contributed by atoms with Crippen molar-refractivity contribution in [3.8, 4) is 0 Å².